The van der Waals surface area contributed by atoms with Crippen LogP contribution in [-0.2, 0) is 6.61 Å². The summed E-state index contributed by atoms with van der Waals surface area (Å²) in [5.41, 5.74) is 1.75. The van der Waals surface area contributed by atoms with Crippen molar-refractivity contribution < 1.29 is 14.6 Å². The number of phenolic OH excluding ortho intramolecular Hbond substituents is 1. The lowest BCUT2D eigenvalue weighted by Crippen LogP contribution is -2.04. The molecule has 0 saturated heterocycles. The number of ether oxygens (including phenoxy) is 2. The molecule has 2 N–H and O–H groups in total. The first-order chi connectivity index (χ1) is 13.5. The van der Waals surface area contributed by atoms with Gasteiger partial charge in [0.15, 0.2) is 17.3 Å². The summed E-state index contributed by atoms with van der Waals surface area (Å²) in [7, 11) is 1.49. The average Bonchev–Trinajstić information content (AvgIpc) is 3.05. The van der Waals surface area contributed by atoms with Gasteiger partial charge < -0.3 is 14.6 Å². The molecule has 146 valence electrons. The highest BCUT2D eigenvalue weighted by Gasteiger charge is 2.09. The first kappa shape index (κ1) is 19.6. The van der Waals surface area contributed by atoms with E-state index in [-0.39, 0.29) is 12.4 Å². The molecule has 0 radical (unpaired) electrons. The van der Waals surface area contributed by atoms with Crippen LogP contribution in [0.3, 0.4) is 0 Å². The van der Waals surface area contributed by atoms with E-state index in [0.29, 0.717) is 27.8 Å². The molecule has 0 bridgehead atoms. The van der Waals surface area contributed by atoms with Gasteiger partial charge in [-0.2, -0.15) is 14.9 Å². The van der Waals surface area contributed by atoms with E-state index in [1.807, 2.05) is 24.3 Å². The predicted molar refractivity (Wildman–Crippen MR) is 110 cm³/mol. The summed E-state index contributed by atoms with van der Waals surface area (Å²) in [6.45, 7) is 4.48. The van der Waals surface area contributed by atoms with Gasteiger partial charge in [-0.25, -0.2) is 5.10 Å². The minimum atomic E-state index is 0.00630. The minimum absolute atomic E-state index is 0.00630. The summed E-state index contributed by atoms with van der Waals surface area (Å²) >= 11 is 5.23. The van der Waals surface area contributed by atoms with Crippen molar-refractivity contribution in [3.63, 3.8) is 0 Å². The molecule has 1 aromatic heterocycles. The molecule has 0 saturated carbocycles. The highest BCUT2D eigenvalue weighted by molar-refractivity contribution is 7.71. The molecule has 28 heavy (non-hydrogen) atoms. The van der Waals surface area contributed by atoms with Crippen LogP contribution in [0.2, 0.25) is 0 Å². The van der Waals surface area contributed by atoms with E-state index in [4.69, 9.17) is 21.7 Å². The number of aromatic hydroxyl groups is 1. The minimum Gasteiger partial charge on any atom is -0.504 e. The fourth-order valence-electron chi connectivity index (χ4n) is 2.56. The van der Waals surface area contributed by atoms with Crippen molar-refractivity contribution in [2.45, 2.75) is 26.4 Å². The Hall–Kier alpha value is -3.13. The summed E-state index contributed by atoms with van der Waals surface area (Å²) in [6, 6.07) is 13.1. The van der Waals surface area contributed by atoms with Gasteiger partial charge in [0.05, 0.1) is 13.3 Å². The van der Waals surface area contributed by atoms with Crippen molar-refractivity contribution in [2.75, 3.05) is 7.11 Å². The van der Waals surface area contributed by atoms with Gasteiger partial charge in [-0.1, -0.05) is 32.0 Å². The molecule has 8 heteroatoms. The van der Waals surface area contributed by atoms with Gasteiger partial charge in [0.25, 0.3) is 0 Å². The molecule has 0 fully saturated rings. The Balaban J connectivity index is 1.76. The quantitative estimate of drug-likeness (QED) is 0.459. The highest BCUT2D eigenvalue weighted by atomic mass is 32.1. The number of aromatic nitrogens is 3. The number of para-hydroxylation sites is 1. The van der Waals surface area contributed by atoms with E-state index >= 15 is 0 Å². The second kappa shape index (κ2) is 8.71. The van der Waals surface area contributed by atoms with Crippen molar-refractivity contribution in [2.24, 2.45) is 5.10 Å². The van der Waals surface area contributed by atoms with E-state index in [0.717, 1.165) is 5.75 Å². The van der Waals surface area contributed by atoms with Crippen molar-refractivity contribution in [3.8, 4) is 17.2 Å². The SMILES string of the molecule is COc1cccc(/C=N/n2c(COc3ccc(C(C)C)cc3)n[nH]c2=S)c1O. The molecule has 0 aliphatic rings. The molecule has 3 rings (SSSR count). The Morgan fingerprint density at radius 1 is 1.25 bits per heavy atom. The number of phenols is 1. The zero-order valence-corrected chi connectivity index (χ0v) is 16.7. The van der Waals surface area contributed by atoms with Gasteiger partial charge in [0, 0.05) is 5.56 Å². The van der Waals surface area contributed by atoms with Gasteiger partial charge in [0.1, 0.15) is 12.4 Å². The van der Waals surface area contributed by atoms with E-state index in [9.17, 15) is 5.11 Å². The smallest absolute Gasteiger partial charge is 0.216 e. The van der Waals surface area contributed by atoms with Crippen LogP contribution in [-0.4, -0.2) is 33.3 Å². The first-order valence-electron chi connectivity index (χ1n) is 8.79. The third-order valence-electron chi connectivity index (χ3n) is 4.19. The maximum absolute atomic E-state index is 10.2. The van der Waals surface area contributed by atoms with Gasteiger partial charge in [-0.05, 0) is 48.0 Å². The predicted octanol–water partition coefficient (Wildman–Crippen LogP) is 4.24. The zero-order valence-electron chi connectivity index (χ0n) is 15.9. The number of rotatable bonds is 7. The van der Waals surface area contributed by atoms with Gasteiger partial charge in [-0.3, -0.25) is 0 Å². The second-order valence-electron chi connectivity index (χ2n) is 6.41. The Morgan fingerprint density at radius 3 is 2.68 bits per heavy atom. The van der Waals surface area contributed by atoms with E-state index in [1.54, 1.807) is 18.2 Å². The Bertz CT molecular complexity index is 1020. The van der Waals surface area contributed by atoms with Crippen molar-refractivity contribution >= 4 is 18.4 Å². The molecule has 3 aromatic rings. The van der Waals surface area contributed by atoms with Crippen LogP contribution in [0, 0.1) is 4.77 Å². The van der Waals surface area contributed by atoms with Crippen LogP contribution in [0.1, 0.15) is 36.7 Å². The van der Waals surface area contributed by atoms with E-state index in [2.05, 4.69) is 29.1 Å². The largest absolute Gasteiger partial charge is 0.504 e. The Kier molecular flexibility index (Phi) is 6.10. The summed E-state index contributed by atoms with van der Waals surface area (Å²) in [5, 5.41) is 21.4. The third-order valence-corrected chi connectivity index (χ3v) is 4.46. The third kappa shape index (κ3) is 4.40. The number of aromatic amines is 1. The monoisotopic (exact) mass is 398 g/mol. The number of methoxy groups -OCH3 is 1. The summed E-state index contributed by atoms with van der Waals surface area (Å²) < 4.78 is 12.7. The van der Waals surface area contributed by atoms with Crippen LogP contribution in [0.25, 0.3) is 0 Å². The molecule has 0 amide bonds. The molecule has 0 unspecified atom stereocenters. The lowest BCUT2D eigenvalue weighted by Gasteiger charge is -2.08. The maximum Gasteiger partial charge on any atom is 0.216 e. The van der Waals surface area contributed by atoms with Gasteiger partial charge in [-0.15, -0.1) is 0 Å². The molecular weight excluding hydrogens is 376 g/mol. The molecule has 0 aliphatic heterocycles. The highest BCUT2D eigenvalue weighted by Crippen LogP contribution is 2.28. The van der Waals surface area contributed by atoms with Crippen molar-refractivity contribution in [1.82, 2.24) is 14.9 Å². The molecule has 0 aliphatic carbocycles. The lowest BCUT2D eigenvalue weighted by molar-refractivity contribution is 0.290. The Morgan fingerprint density at radius 2 is 2.00 bits per heavy atom. The van der Waals surface area contributed by atoms with Crippen molar-refractivity contribution in [1.29, 1.82) is 0 Å². The first-order valence-corrected chi connectivity index (χ1v) is 9.19. The molecule has 0 atom stereocenters. The van der Waals surface area contributed by atoms with Crippen LogP contribution in [0.15, 0.2) is 47.6 Å². The number of hydrogen-bond donors (Lipinski definition) is 2. The lowest BCUT2D eigenvalue weighted by atomic mass is 10.0. The second-order valence-corrected chi connectivity index (χ2v) is 6.80. The average molecular weight is 398 g/mol. The Labute approximate surface area is 168 Å². The maximum atomic E-state index is 10.2. The van der Waals surface area contributed by atoms with Crippen LogP contribution >= 0.6 is 12.2 Å². The molecule has 2 aromatic carbocycles. The number of nitrogens with one attached hydrogen (secondary N) is 1. The summed E-state index contributed by atoms with van der Waals surface area (Å²) in [5.74, 6) is 2.09. The van der Waals surface area contributed by atoms with Crippen LogP contribution in [0.4, 0.5) is 0 Å². The van der Waals surface area contributed by atoms with Crippen molar-refractivity contribution in [3.05, 3.63) is 64.2 Å². The fraction of sp³-hybridized carbons (Fsp3) is 0.250. The number of nitrogens with zero attached hydrogens (tertiary/aromatic N) is 3. The normalized spacial score (nSPS) is 11.3. The topological polar surface area (TPSA) is 84.7 Å². The van der Waals surface area contributed by atoms with Crippen LogP contribution in [0.5, 0.6) is 17.2 Å². The van der Waals surface area contributed by atoms with E-state index in [1.165, 1.54) is 23.6 Å². The fourth-order valence-corrected chi connectivity index (χ4v) is 2.76. The zero-order chi connectivity index (χ0) is 20.1. The molecule has 0 spiro atoms. The molecular formula is C20H22N4O3S. The van der Waals surface area contributed by atoms with Crippen LogP contribution < -0.4 is 9.47 Å². The van der Waals surface area contributed by atoms with Gasteiger partial charge in [0.2, 0.25) is 4.77 Å². The van der Waals surface area contributed by atoms with E-state index < -0.39 is 0 Å². The molecule has 1 heterocycles. The molecule has 7 nitrogen and oxygen atoms in total. The standard InChI is InChI=1S/C20H22N4O3S/c1-13(2)14-7-9-16(10-8-14)27-12-18-22-23-20(28)24(18)21-11-15-5-4-6-17(26-3)19(15)25/h4-11,13,25H,12H2,1-3H3,(H,23,28)/b21-11+. The summed E-state index contributed by atoms with van der Waals surface area (Å²) in [4.78, 5) is 0. The number of benzene rings is 2. The number of H-pyrrole nitrogens is 1. The van der Waals surface area contributed by atoms with Gasteiger partial charge >= 0.3 is 0 Å². The number of hydrogen-bond acceptors (Lipinski definition) is 6. The summed E-state index contributed by atoms with van der Waals surface area (Å²) in [6.07, 6.45) is 1.49.